The van der Waals surface area contributed by atoms with E-state index in [-0.39, 0.29) is 24.9 Å². The Kier molecular flexibility index (Phi) is 6.04. The Labute approximate surface area is 116 Å². The minimum Gasteiger partial charge on any atom is -0.352 e. The lowest BCUT2D eigenvalue weighted by atomic mass is 9.96. The van der Waals surface area contributed by atoms with E-state index < -0.39 is 12.1 Å². The molecule has 1 rings (SSSR count). The molecular formula is C13H19F3N2O2. The first-order chi connectivity index (χ1) is 9.34. The Hall–Kier alpha value is -1.53. The van der Waals surface area contributed by atoms with Gasteiger partial charge in [-0.2, -0.15) is 13.2 Å². The number of hydrogen-bond acceptors (Lipinski definition) is 2. The summed E-state index contributed by atoms with van der Waals surface area (Å²) in [5.74, 6) is -1.85. The molecule has 0 aliphatic carbocycles. The van der Waals surface area contributed by atoms with Gasteiger partial charge in [-0.3, -0.25) is 9.59 Å². The lowest BCUT2D eigenvalue weighted by Crippen LogP contribution is -2.46. The van der Waals surface area contributed by atoms with Crippen molar-refractivity contribution in [2.45, 2.75) is 32.4 Å². The molecule has 0 aromatic carbocycles. The number of alkyl halides is 3. The lowest BCUT2D eigenvalue weighted by molar-refractivity contribution is -0.186. The molecule has 0 aromatic heterocycles. The number of piperidine rings is 1. The Morgan fingerprint density at radius 2 is 1.90 bits per heavy atom. The molecule has 1 saturated heterocycles. The molecule has 114 valence electrons. The van der Waals surface area contributed by atoms with Gasteiger partial charge in [-0.1, -0.05) is 13.0 Å². The second kappa shape index (κ2) is 7.31. The molecule has 0 atom stereocenters. The highest BCUT2D eigenvalue weighted by Gasteiger charge is 2.43. The zero-order chi connectivity index (χ0) is 15.2. The topological polar surface area (TPSA) is 49.4 Å². The Morgan fingerprint density at radius 1 is 1.30 bits per heavy atom. The predicted molar refractivity (Wildman–Crippen MR) is 67.8 cm³/mol. The maximum absolute atomic E-state index is 12.2. The normalized spacial score (nSPS) is 17.5. The van der Waals surface area contributed by atoms with E-state index in [1.54, 1.807) is 6.08 Å². The summed E-state index contributed by atoms with van der Waals surface area (Å²) >= 11 is 0. The van der Waals surface area contributed by atoms with Crippen molar-refractivity contribution < 1.29 is 22.8 Å². The van der Waals surface area contributed by atoms with Crippen LogP contribution in [0.25, 0.3) is 0 Å². The number of nitrogens with zero attached hydrogens (tertiary/aromatic N) is 1. The van der Waals surface area contributed by atoms with Crippen molar-refractivity contribution in [3.63, 3.8) is 0 Å². The highest BCUT2D eigenvalue weighted by Crippen LogP contribution is 2.23. The fraction of sp³-hybridized carbons (Fsp3) is 0.692. The summed E-state index contributed by atoms with van der Waals surface area (Å²) in [6.07, 6.45) is 0.0960. The monoisotopic (exact) mass is 292 g/mol. The van der Waals surface area contributed by atoms with Crippen LogP contribution < -0.4 is 5.32 Å². The van der Waals surface area contributed by atoms with Crippen LogP contribution in [0.3, 0.4) is 0 Å². The highest BCUT2D eigenvalue weighted by atomic mass is 19.4. The minimum atomic E-state index is -4.80. The van der Waals surface area contributed by atoms with Crippen LogP contribution >= 0.6 is 0 Å². The van der Waals surface area contributed by atoms with Crippen LogP contribution in [0.15, 0.2) is 12.2 Å². The summed E-state index contributed by atoms with van der Waals surface area (Å²) in [6.45, 7) is 2.52. The molecule has 0 unspecified atom stereocenters. The van der Waals surface area contributed by atoms with E-state index in [2.05, 4.69) is 5.32 Å². The van der Waals surface area contributed by atoms with Crippen LogP contribution in [0.2, 0.25) is 0 Å². The van der Waals surface area contributed by atoms with Crippen molar-refractivity contribution in [1.29, 1.82) is 0 Å². The van der Waals surface area contributed by atoms with Crippen molar-refractivity contribution in [3.05, 3.63) is 12.2 Å². The van der Waals surface area contributed by atoms with Gasteiger partial charge >= 0.3 is 12.1 Å². The van der Waals surface area contributed by atoms with E-state index in [0.29, 0.717) is 19.4 Å². The van der Waals surface area contributed by atoms with E-state index in [1.807, 2.05) is 6.92 Å². The maximum Gasteiger partial charge on any atom is 0.471 e. The molecule has 0 aromatic rings. The van der Waals surface area contributed by atoms with E-state index in [1.165, 1.54) is 6.08 Å². The van der Waals surface area contributed by atoms with Crippen LogP contribution in [-0.4, -0.2) is 42.5 Å². The van der Waals surface area contributed by atoms with Gasteiger partial charge in [-0.05, 0) is 31.3 Å². The molecule has 2 amide bonds. The van der Waals surface area contributed by atoms with Crippen LogP contribution in [0.5, 0.6) is 0 Å². The number of rotatable bonds is 4. The summed E-state index contributed by atoms with van der Waals surface area (Å²) in [5, 5.41) is 2.71. The van der Waals surface area contributed by atoms with Crippen molar-refractivity contribution in [2.24, 2.45) is 5.92 Å². The standard InChI is InChI=1S/C13H19F3N2O2/c1-2-3-4-11(19)17-9-10-5-7-18(8-6-10)12(20)13(14,15)16/h3-4,10H,2,5-9H2,1H3,(H,17,19)/b4-3+. The number of carbonyl (C=O) groups is 2. The molecule has 7 heteroatoms. The van der Waals surface area contributed by atoms with Crippen LogP contribution in [0.4, 0.5) is 13.2 Å². The number of halogens is 3. The van der Waals surface area contributed by atoms with Crippen molar-refractivity contribution >= 4 is 11.8 Å². The first kappa shape index (κ1) is 16.5. The van der Waals surface area contributed by atoms with Gasteiger partial charge in [0.2, 0.25) is 5.91 Å². The molecule has 1 heterocycles. The summed E-state index contributed by atoms with van der Waals surface area (Å²) < 4.78 is 36.7. The predicted octanol–water partition coefficient (Wildman–Crippen LogP) is 1.87. The van der Waals surface area contributed by atoms with Gasteiger partial charge in [-0.25, -0.2) is 0 Å². The number of likely N-dealkylation sites (tertiary alicyclic amines) is 1. The quantitative estimate of drug-likeness (QED) is 0.804. The third-order valence-electron chi connectivity index (χ3n) is 3.21. The lowest BCUT2D eigenvalue weighted by Gasteiger charge is -2.32. The van der Waals surface area contributed by atoms with E-state index >= 15 is 0 Å². The average molecular weight is 292 g/mol. The van der Waals surface area contributed by atoms with Crippen LogP contribution in [0.1, 0.15) is 26.2 Å². The first-order valence-corrected chi connectivity index (χ1v) is 6.65. The molecule has 0 spiro atoms. The van der Waals surface area contributed by atoms with E-state index in [0.717, 1.165) is 11.3 Å². The zero-order valence-corrected chi connectivity index (χ0v) is 11.4. The van der Waals surface area contributed by atoms with Crippen molar-refractivity contribution in [1.82, 2.24) is 10.2 Å². The largest absolute Gasteiger partial charge is 0.471 e. The van der Waals surface area contributed by atoms with Gasteiger partial charge in [-0.15, -0.1) is 0 Å². The van der Waals surface area contributed by atoms with Crippen LogP contribution in [0, 0.1) is 5.92 Å². The molecule has 4 nitrogen and oxygen atoms in total. The number of hydrogen-bond donors (Lipinski definition) is 1. The second-order valence-electron chi connectivity index (χ2n) is 4.79. The minimum absolute atomic E-state index is 0.0870. The Morgan fingerprint density at radius 3 is 2.40 bits per heavy atom. The second-order valence-corrected chi connectivity index (χ2v) is 4.79. The molecule has 0 radical (unpaired) electrons. The molecule has 1 N–H and O–H groups in total. The first-order valence-electron chi connectivity index (χ1n) is 6.65. The van der Waals surface area contributed by atoms with Gasteiger partial charge in [0.15, 0.2) is 0 Å². The molecule has 1 aliphatic heterocycles. The van der Waals surface area contributed by atoms with Gasteiger partial charge < -0.3 is 10.2 Å². The molecule has 1 aliphatic rings. The number of carbonyl (C=O) groups excluding carboxylic acids is 2. The van der Waals surface area contributed by atoms with E-state index in [4.69, 9.17) is 0 Å². The fourth-order valence-electron chi connectivity index (χ4n) is 2.05. The fourth-order valence-corrected chi connectivity index (χ4v) is 2.05. The zero-order valence-electron chi connectivity index (χ0n) is 11.4. The number of amides is 2. The third-order valence-corrected chi connectivity index (χ3v) is 3.21. The summed E-state index contributed by atoms with van der Waals surface area (Å²) in [7, 11) is 0. The highest BCUT2D eigenvalue weighted by molar-refractivity contribution is 5.87. The number of nitrogens with one attached hydrogen (secondary N) is 1. The molecule has 1 fully saturated rings. The SMILES string of the molecule is CC/C=C/C(=O)NCC1CCN(C(=O)C(F)(F)F)CC1. The average Bonchev–Trinajstić information content (AvgIpc) is 2.41. The molecule has 0 saturated carbocycles. The van der Waals surface area contributed by atoms with E-state index in [9.17, 15) is 22.8 Å². The van der Waals surface area contributed by atoms with Crippen molar-refractivity contribution in [3.8, 4) is 0 Å². The van der Waals surface area contributed by atoms with Crippen molar-refractivity contribution in [2.75, 3.05) is 19.6 Å². The third kappa shape index (κ3) is 5.22. The number of allylic oxidation sites excluding steroid dienone is 1. The Bertz CT molecular complexity index is 372. The van der Waals surface area contributed by atoms with Gasteiger partial charge in [0.05, 0.1) is 0 Å². The summed E-state index contributed by atoms with van der Waals surface area (Å²) in [5.41, 5.74) is 0. The summed E-state index contributed by atoms with van der Waals surface area (Å²) in [4.78, 5) is 23.2. The molecule has 0 bridgehead atoms. The van der Waals surface area contributed by atoms with Gasteiger partial charge in [0.25, 0.3) is 0 Å². The van der Waals surface area contributed by atoms with Crippen LogP contribution in [-0.2, 0) is 9.59 Å². The van der Waals surface area contributed by atoms with Gasteiger partial charge in [0, 0.05) is 19.6 Å². The molecular weight excluding hydrogens is 273 g/mol. The molecule has 20 heavy (non-hydrogen) atoms. The smallest absolute Gasteiger partial charge is 0.352 e. The summed E-state index contributed by atoms with van der Waals surface area (Å²) in [6, 6.07) is 0. The Balaban J connectivity index is 2.31. The van der Waals surface area contributed by atoms with Gasteiger partial charge in [0.1, 0.15) is 0 Å². The maximum atomic E-state index is 12.2.